The van der Waals surface area contributed by atoms with Crippen molar-refractivity contribution in [1.82, 2.24) is 0 Å². The van der Waals surface area contributed by atoms with Crippen molar-refractivity contribution in [2.45, 2.75) is 5.09 Å². The summed E-state index contributed by atoms with van der Waals surface area (Å²) in [5.74, 6) is 0.666. The van der Waals surface area contributed by atoms with Crippen LogP contribution in [-0.4, -0.2) is 24.7 Å². The van der Waals surface area contributed by atoms with Crippen LogP contribution < -0.4 is 4.74 Å². The molecule has 1 heterocycles. The first-order chi connectivity index (χ1) is 7.72. The van der Waals surface area contributed by atoms with E-state index in [-0.39, 0.29) is 6.79 Å². The van der Waals surface area contributed by atoms with Crippen LogP contribution in [0.5, 0.6) is 5.75 Å². The maximum Gasteiger partial charge on any atom is 0.311 e. The van der Waals surface area contributed by atoms with Crippen molar-refractivity contribution in [3.8, 4) is 5.75 Å². The van der Waals surface area contributed by atoms with Crippen molar-refractivity contribution in [3.63, 3.8) is 0 Å². The second kappa shape index (κ2) is 4.78. The van der Waals surface area contributed by atoms with Crippen LogP contribution in [0.4, 0.5) is 0 Å². The molecule has 1 unspecified atom stereocenters. The summed E-state index contributed by atoms with van der Waals surface area (Å²) in [6.07, 6.45) is 1.58. The van der Waals surface area contributed by atoms with Gasteiger partial charge in [-0.2, -0.15) is 0 Å². The van der Waals surface area contributed by atoms with Gasteiger partial charge in [-0.15, -0.1) is 0 Å². The van der Waals surface area contributed by atoms with Gasteiger partial charge in [0.25, 0.3) is 0 Å². The summed E-state index contributed by atoms with van der Waals surface area (Å²) in [5, 5.41) is 1.26. The number of hydrogen-bond acceptors (Lipinski definition) is 4. The number of ether oxygens (including phenoxy) is 2. The van der Waals surface area contributed by atoms with E-state index in [0.717, 1.165) is 5.39 Å². The molecule has 0 N–H and O–H groups in total. The predicted octanol–water partition coefficient (Wildman–Crippen LogP) is 2.15. The molecule has 1 atom stereocenters. The molecule has 0 aliphatic rings. The van der Waals surface area contributed by atoms with Crippen molar-refractivity contribution < 1.29 is 18.4 Å². The molecule has 5 heteroatoms. The lowest BCUT2D eigenvalue weighted by molar-refractivity contribution is 0.0522. The topological polar surface area (TPSA) is 54.7 Å². The molecule has 0 bridgehead atoms. The Balaban J connectivity index is 2.41. The minimum Gasteiger partial charge on any atom is -0.609 e. The van der Waals surface area contributed by atoms with E-state index in [0.29, 0.717) is 16.4 Å². The highest BCUT2D eigenvalue weighted by Gasteiger charge is 2.14. The third-order valence-corrected chi connectivity index (χ3v) is 2.88. The largest absolute Gasteiger partial charge is 0.609 e. The quantitative estimate of drug-likeness (QED) is 0.607. The van der Waals surface area contributed by atoms with Crippen molar-refractivity contribution >= 4 is 22.1 Å². The van der Waals surface area contributed by atoms with E-state index in [9.17, 15) is 4.55 Å². The van der Waals surface area contributed by atoms with Crippen LogP contribution in [-0.2, 0) is 15.9 Å². The monoisotopic (exact) mass is 240 g/mol. The van der Waals surface area contributed by atoms with Crippen LogP contribution in [0.15, 0.2) is 33.8 Å². The standard InChI is InChI=1S/C11H12O4S/c1-13-7-14-9-4-3-5-10-8(9)6-11(15-10)16(2)12/h3-6H,7H2,1-2H3. The summed E-state index contributed by atoms with van der Waals surface area (Å²) >= 11 is -1.13. The molecule has 1 aromatic carbocycles. The molecule has 0 saturated heterocycles. The van der Waals surface area contributed by atoms with Crippen LogP contribution >= 0.6 is 0 Å². The summed E-state index contributed by atoms with van der Waals surface area (Å²) in [7, 11) is 1.56. The van der Waals surface area contributed by atoms with Gasteiger partial charge >= 0.3 is 5.09 Å². The zero-order valence-corrected chi connectivity index (χ0v) is 9.87. The number of fused-ring (bicyclic) bond motifs is 1. The molecule has 86 valence electrons. The first kappa shape index (κ1) is 11.3. The maximum absolute atomic E-state index is 11.3. The third kappa shape index (κ3) is 2.16. The lowest BCUT2D eigenvalue weighted by atomic mass is 10.2. The second-order valence-electron chi connectivity index (χ2n) is 3.24. The number of furan rings is 1. The Hall–Kier alpha value is -1.17. The van der Waals surface area contributed by atoms with Gasteiger partial charge in [0.05, 0.1) is 5.39 Å². The number of rotatable bonds is 4. The molecular formula is C11H12O4S. The third-order valence-electron chi connectivity index (χ3n) is 2.11. The Morgan fingerprint density at radius 2 is 2.25 bits per heavy atom. The zero-order chi connectivity index (χ0) is 11.5. The van der Waals surface area contributed by atoms with Crippen LogP contribution in [0.1, 0.15) is 0 Å². The van der Waals surface area contributed by atoms with Crippen LogP contribution in [0.2, 0.25) is 0 Å². The average Bonchev–Trinajstić information content (AvgIpc) is 2.70. The Morgan fingerprint density at radius 3 is 2.94 bits per heavy atom. The Morgan fingerprint density at radius 1 is 1.44 bits per heavy atom. The van der Waals surface area contributed by atoms with Gasteiger partial charge in [0.1, 0.15) is 17.6 Å². The normalized spacial score (nSPS) is 12.9. The van der Waals surface area contributed by atoms with Crippen molar-refractivity contribution in [2.75, 3.05) is 20.2 Å². The van der Waals surface area contributed by atoms with E-state index in [4.69, 9.17) is 13.9 Å². The molecule has 0 radical (unpaired) electrons. The summed E-state index contributed by atoms with van der Waals surface area (Å²) in [6.45, 7) is 0.175. The van der Waals surface area contributed by atoms with E-state index in [1.165, 1.54) is 0 Å². The fourth-order valence-electron chi connectivity index (χ4n) is 1.40. The van der Waals surface area contributed by atoms with Gasteiger partial charge in [0.2, 0.25) is 0 Å². The molecule has 2 aromatic rings. The van der Waals surface area contributed by atoms with E-state index in [1.807, 2.05) is 18.2 Å². The molecule has 0 aliphatic heterocycles. The van der Waals surface area contributed by atoms with Gasteiger partial charge in [-0.25, -0.2) is 0 Å². The van der Waals surface area contributed by atoms with E-state index < -0.39 is 11.2 Å². The lowest BCUT2D eigenvalue weighted by Gasteiger charge is -2.04. The molecule has 0 saturated carbocycles. The molecule has 2 rings (SSSR count). The molecule has 4 nitrogen and oxygen atoms in total. The fourth-order valence-corrected chi connectivity index (χ4v) is 1.89. The number of hydrogen-bond donors (Lipinski definition) is 0. The van der Waals surface area contributed by atoms with Gasteiger partial charge < -0.3 is 18.4 Å². The Bertz CT molecular complexity index is 478. The van der Waals surface area contributed by atoms with Gasteiger partial charge in [-0.3, -0.25) is 0 Å². The maximum atomic E-state index is 11.3. The smallest absolute Gasteiger partial charge is 0.311 e. The summed E-state index contributed by atoms with van der Waals surface area (Å²) in [6, 6.07) is 7.18. The molecular weight excluding hydrogens is 228 g/mol. The molecule has 1 aromatic heterocycles. The molecule has 0 fully saturated rings. The van der Waals surface area contributed by atoms with Crippen molar-refractivity contribution in [2.24, 2.45) is 0 Å². The first-order valence-electron chi connectivity index (χ1n) is 4.70. The second-order valence-corrected chi connectivity index (χ2v) is 4.55. The minimum absolute atomic E-state index is 0.175. The summed E-state index contributed by atoms with van der Waals surface area (Å²) in [4.78, 5) is 0. The fraction of sp³-hybridized carbons (Fsp3) is 0.273. The Labute approximate surface area is 96.3 Å². The van der Waals surface area contributed by atoms with Crippen molar-refractivity contribution in [1.29, 1.82) is 0 Å². The lowest BCUT2D eigenvalue weighted by Crippen LogP contribution is -1.98. The highest BCUT2D eigenvalue weighted by Crippen LogP contribution is 2.30. The van der Waals surface area contributed by atoms with Gasteiger partial charge in [0.15, 0.2) is 6.79 Å². The van der Waals surface area contributed by atoms with Crippen molar-refractivity contribution in [3.05, 3.63) is 24.3 Å². The first-order valence-corrected chi connectivity index (χ1v) is 6.26. The average molecular weight is 240 g/mol. The van der Waals surface area contributed by atoms with Crippen LogP contribution in [0.3, 0.4) is 0 Å². The number of methoxy groups -OCH3 is 1. The predicted molar refractivity (Wildman–Crippen MR) is 61.1 cm³/mol. The van der Waals surface area contributed by atoms with Crippen LogP contribution in [0.25, 0.3) is 11.0 Å². The van der Waals surface area contributed by atoms with E-state index in [2.05, 4.69) is 0 Å². The summed E-state index contributed by atoms with van der Waals surface area (Å²) in [5.41, 5.74) is 0.666. The highest BCUT2D eigenvalue weighted by atomic mass is 32.2. The molecule has 16 heavy (non-hydrogen) atoms. The van der Waals surface area contributed by atoms with Gasteiger partial charge in [0, 0.05) is 24.4 Å². The Kier molecular flexibility index (Phi) is 3.38. The molecule has 0 amide bonds. The minimum atomic E-state index is -1.13. The zero-order valence-electron chi connectivity index (χ0n) is 9.06. The van der Waals surface area contributed by atoms with Gasteiger partial charge in [-0.1, -0.05) is 6.07 Å². The van der Waals surface area contributed by atoms with Gasteiger partial charge in [-0.05, 0) is 12.1 Å². The molecule has 0 aliphatic carbocycles. The van der Waals surface area contributed by atoms with E-state index in [1.54, 1.807) is 19.4 Å². The van der Waals surface area contributed by atoms with E-state index >= 15 is 0 Å². The SMILES string of the molecule is COCOc1cccc2oc([S+](C)[O-])cc12. The summed E-state index contributed by atoms with van der Waals surface area (Å²) < 4.78 is 26.9. The molecule has 0 spiro atoms. The highest BCUT2D eigenvalue weighted by molar-refractivity contribution is 7.90. The number of benzene rings is 1. The van der Waals surface area contributed by atoms with Crippen LogP contribution in [0, 0.1) is 0 Å².